The molecule has 0 aliphatic heterocycles. The van der Waals surface area contributed by atoms with Crippen LogP contribution in [0.1, 0.15) is 40.0 Å². The van der Waals surface area contributed by atoms with Crippen LogP contribution in [-0.4, -0.2) is 0 Å². The Hall–Kier alpha value is -0.780. The molecular weight excluding hydrogens is 204 g/mol. The van der Waals surface area contributed by atoms with Crippen LogP contribution < -0.4 is 0 Å². The third-order valence-electron chi connectivity index (χ3n) is 5.61. The van der Waals surface area contributed by atoms with Gasteiger partial charge in [-0.2, -0.15) is 0 Å². The zero-order valence-electron chi connectivity index (χ0n) is 11.3. The van der Waals surface area contributed by atoms with Crippen molar-refractivity contribution >= 4 is 0 Å². The van der Waals surface area contributed by atoms with Gasteiger partial charge in [-0.25, -0.2) is 0 Å². The largest absolute Gasteiger partial charge is 0.0820 e. The lowest BCUT2D eigenvalue weighted by Gasteiger charge is -2.49. The molecule has 3 atom stereocenters. The molecule has 92 valence electrons. The van der Waals surface area contributed by atoms with Gasteiger partial charge in [0.15, 0.2) is 0 Å². The molecule has 0 heterocycles. The van der Waals surface area contributed by atoms with Crippen molar-refractivity contribution in [1.29, 1.82) is 0 Å². The minimum atomic E-state index is 0.361. The molecule has 0 amide bonds. The van der Waals surface area contributed by atoms with Gasteiger partial charge in [0.25, 0.3) is 0 Å². The molecule has 3 aliphatic carbocycles. The monoisotopic (exact) mass is 228 g/mol. The molecule has 1 fully saturated rings. The second-order valence-electron chi connectivity index (χ2n) is 6.96. The molecule has 0 N–H and O–H groups in total. The second-order valence-corrected chi connectivity index (χ2v) is 6.96. The van der Waals surface area contributed by atoms with E-state index in [0.29, 0.717) is 16.7 Å². The normalized spacial score (nSPS) is 43.2. The molecule has 0 radical (unpaired) electrons. The van der Waals surface area contributed by atoms with Crippen molar-refractivity contribution in [3.05, 3.63) is 36.5 Å². The average molecular weight is 228 g/mol. The summed E-state index contributed by atoms with van der Waals surface area (Å²) in [5.74, 6) is 2.39. The fourth-order valence-corrected chi connectivity index (χ4v) is 4.44. The lowest BCUT2D eigenvalue weighted by molar-refractivity contribution is 0.0850. The van der Waals surface area contributed by atoms with Crippen molar-refractivity contribution in [1.82, 2.24) is 0 Å². The molecule has 0 spiro atoms. The maximum absolute atomic E-state index is 2.53. The van der Waals surface area contributed by atoms with Crippen LogP contribution in [0.5, 0.6) is 0 Å². The van der Waals surface area contributed by atoms with Crippen molar-refractivity contribution < 1.29 is 0 Å². The average Bonchev–Trinajstić information content (AvgIpc) is 2.94. The van der Waals surface area contributed by atoms with Gasteiger partial charge < -0.3 is 0 Å². The molecule has 0 saturated heterocycles. The smallest absolute Gasteiger partial charge is 0.00440 e. The number of hydrogen-bond donors (Lipinski definition) is 0. The van der Waals surface area contributed by atoms with Crippen molar-refractivity contribution in [2.24, 2.45) is 28.6 Å². The van der Waals surface area contributed by atoms with Gasteiger partial charge in [-0.3, -0.25) is 0 Å². The molecule has 0 bridgehead atoms. The Labute approximate surface area is 105 Å². The lowest BCUT2D eigenvalue weighted by atomic mass is 9.55. The second kappa shape index (κ2) is 3.60. The van der Waals surface area contributed by atoms with E-state index < -0.39 is 0 Å². The molecule has 17 heavy (non-hydrogen) atoms. The Morgan fingerprint density at radius 3 is 2.24 bits per heavy atom. The Morgan fingerprint density at radius 1 is 0.882 bits per heavy atom. The van der Waals surface area contributed by atoms with E-state index in [4.69, 9.17) is 0 Å². The van der Waals surface area contributed by atoms with E-state index in [0.717, 1.165) is 11.8 Å². The molecule has 0 aromatic rings. The van der Waals surface area contributed by atoms with Gasteiger partial charge in [-0.1, -0.05) is 63.6 Å². The summed E-state index contributed by atoms with van der Waals surface area (Å²) in [6, 6.07) is 0. The summed E-state index contributed by atoms with van der Waals surface area (Å²) in [7, 11) is 0. The van der Waals surface area contributed by atoms with Crippen molar-refractivity contribution in [3.63, 3.8) is 0 Å². The molecule has 1 saturated carbocycles. The van der Waals surface area contributed by atoms with Gasteiger partial charge in [-0.15, -0.1) is 0 Å². The highest BCUT2D eigenvalue weighted by molar-refractivity contribution is 5.28. The van der Waals surface area contributed by atoms with E-state index in [-0.39, 0.29) is 0 Å². The summed E-state index contributed by atoms with van der Waals surface area (Å²) in [5, 5.41) is 0. The van der Waals surface area contributed by atoms with Gasteiger partial charge in [0.05, 0.1) is 0 Å². The van der Waals surface area contributed by atoms with Gasteiger partial charge >= 0.3 is 0 Å². The van der Waals surface area contributed by atoms with Gasteiger partial charge in [0, 0.05) is 5.92 Å². The van der Waals surface area contributed by atoms with Gasteiger partial charge in [0.1, 0.15) is 0 Å². The minimum Gasteiger partial charge on any atom is -0.0820 e. The standard InChI is InChI=1S/C17H24/c1-16(2)11-12-17(3,13-7-4-5-8-13)15-10-6-9-14(15)16/h4-5,7-8,11-15H,6,9-10H2,1-3H3. The maximum atomic E-state index is 2.53. The number of hydrogen-bond acceptors (Lipinski definition) is 0. The topological polar surface area (TPSA) is 0 Å². The summed E-state index contributed by atoms with van der Waals surface area (Å²) in [6.07, 6.45) is 18.5. The number of fused-ring (bicyclic) bond motifs is 1. The van der Waals surface area contributed by atoms with Crippen LogP contribution in [0, 0.1) is 28.6 Å². The fraction of sp³-hybridized carbons (Fsp3) is 0.647. The first-order chi connectivity index (χ1) is 8.04. The highest BCUT2D eigenvalue weighted by atomic mass is 14.5. The summed E-state index contributed by atoms with van der Waals surface area (Å²) >= 11 is 0. The highest BCUT2D eigenvalue weighted by Gasteiger charge is 2.50. The van der Waals surface area contributed by atoms with E-state index in [1.807, 2.05) is 0 Å². The SMILES string of the molecule is CC1(C)C=CC(C)(C2C=CC=C2)C2CCCC21. The van der Waals surface area contributed by atoms with E-state index in [9.17, 15) is 0 Å². The predicted molar refractivity (Wildman–Crippen MR) is 73.6 cm³/mol. The van der Waals surface area contributed by atoms with E-state index in [1.54, 1.807) is 0 Å². The third-order valence-corrected chi connectivity index (χ3v) is 5.61. The number of rotatable bonds is 1. The third kappa shape index (κ3) is 1.57. The molecular formula is C17H24. The van der Waals surface area contributed by atoms with Crippen LogP contribution in [0.4, 0.5) is 0 Å². The summed E-state index contributed by atoms with van der Waals surface area (Å²) in [5.41, 5.74) is 0.771. The van der Waals surface area contributed by atoms with Crippen LogP contribution >= 0.6 is 0 Å². The molecule has 0 nitrogen and oxygen atoms in total. The van der Waals surface area contributed by atoms with Crippen molar-refractivity contribution in [3.8, 4) is 0 Å². The quantitative estimate of drug-likeness (QED) is 0.568. The van der Waals surface area contributed by atoms with E-state index in [1.165, 1.54) is 19.3 Å². The molecule has 0 aromatic heterocycles. The maximum Gasteiger partial charge on any atom is 0.00440 e. The predicted octanol–water partition coefficient (Wildman–Crippen LogP) is 4.75. The fourth-order valence-electron chi connectivity index (χ4n) is 4.44. The number of allylic oxidation sites excluding steroid dienone is 6. The summed E-state index contributed by atoms with van der Waals surface area (Å²) in [4.78, 5) is 0. The van der Waals surface area contributed by atoms with Gasteiger partial charge in [-0.05, 0) is 35.5 Å². The molecule has 0 heteroatoms. The summed E-state index contributed by atoms with van der Waals surface area (Å²) in [6.45, 7) is 7.32. The molecule has 3 unspecified atom stereocenters. The van der Waals surface area contributed by atoms with Crippen molar-refractivity contribution in [2.45, 2.75) is 40.0 Å². The van der Waals surface area contributed by atoms with Crippen LogP contribution in [0.15, 0.2) is 36.5 Å². The van der Waals surface area contributed by atoms with Crippen LogP contribution in [-0.2, 0) is 0 Å². The van der Waals surface area contributed by atoms with Crippen LogP contribution in [0.25, 0.3) is 0 Å². The Morgan fingerprint density at radius 2 is 1.53 bits per heavy atom. The Balaban J connectivity index is 2.00. The molecule has 0 aromatic carbocycles. The van der Waals surface area contributed by atoms with E-state index in [2.05, 4.69) is 57.2 Å². The van der Waals surface area contributed by atoms with Crippen LogP contribution in [0.3, 0.4) is 0 Å². The first-order valence-electron chi connectivity index (χ1n) is 7.09. The Kier molecular flexibility index (Phi) is 2.40. The van der Waals surface area contributed by atoms with Crippen LogP contribution in [0.2, 0.25) is 0 Å². The Bertz CT molecular complexity index is 384. The first-order valence-corrected chi connectivity index (χ1v) is 7.09. The molecule has 3 rings (SSSR count). The van der Waals surface area contributed by atoms with Crippen molar-refractivity contribution in [2.75, 3.05) is 0 Å². The van der Waals surface area contributed by atoms with E-state index >= 15 is 0 Å². The zero-order chi connectivity index (χ0) is 12.1. The van der Waals surface area contributed by atoms with Gasteiger partial charge in [0.2, 0.25) is 0 Å². The first kappa shape index (κ1) is 11.3. The zero-order valence-corrected chi connectivity index (χ0v) is 11.3. The minimum absolute atomic E-state index is 0.361. The highest BCUT2D eigenvalue weighted by Crippen LogP contribution is 2.58. The summed E-state index contributed by atoms with van der Waals surface area (Å²) < 4.78 is 0. The molecule has 3 aliphatic rings. The lowest BCUT2D eigenvalue weighted by Crippen LogP contribution is -2.42.